The largest absolute Gasteiger partial charge is 0.233 e. The summed E-state index contributed by atoms with van der Waals surface area (Å²) in [5.41, 5.74) is 0. The number of thiocarbonyl (C=S) groups is 1. The van der Waals surface area contributed by atoms with E-state index < -0.39 is 9.84 Å². The van der Waals surface area contributed by atoms with Crippen molar-refractivity contribution in [1.29, 1.82) is 0 Å². The van der Waals surface area contributed by atoms with E-state index in [4.69, 9.17) is 0 Å². The van der Waals surface area contributed by atoms with Gasteiger partial charge in [0.25, 0.3) is 0 Å². The van der Waals surface area contributed by atoms with Gasteiger partial charge in [-0.25, -0.2) is 13.4 Å². The fraction of sp³-hybridized carbons (Fsp3) is 0.857. The lowest BCUT2D eigenvalue weighted by molar-refractivity contribution is 0.596. The molecule has 0 aromatic heterocycles. The SMILES string of the molecule is CS(=O)(=O)CCCCCN=C=S. The first-order chi connectivity index (χ1) is 5.56. The van der Waals surface area contributed by atoms with Gasteiger partial charge < -0.3 is 0 Å². The molecule has 0 aliphatic carbocycles. The van der Waals surface area contributed by atoms with Gasteiger partial charge in [-0.2, -0.15) is 0 Å². The minimum atomic E-state index is -2.78. The lowest BCUT2D eigenvalue weighted by Crippen LogP contribution is -2.02. The molecule has 0 fully saturated rings. The summed E-state index contributed by atoms with van der Waals surface area (Å²) in [5.74, 6) is 0.272. The van der Waals surface area contributed by atoms with Crippen LogP contribution in [0.1, 0.15) is 19.3 Å². The summed E-state index contributed by atoms with van der Waals surface area (Å²) in [6.45, 7) is 0.660. The third kappa shape index (κ3) is 9.75. The van der Waals surface area contributed by atoms with E-state index in [-0.39, 0.29) is 5.75 Å². The Balaban J connectivity index is 3.28. The number of nitrogens with zero attached hydrogens (tertiary/aromatic N) is 1. The Morgan fingerprint density at radius 1 is 1.33 bits per heavy atom. The van der Waals surface area contributed by atoms with Gasteiger partial charge in [-0.15, -0.1) is 0 Å². The number of rotatable bonds is 6. The Bertz CT molecular complexity index is 253. The molecule has 0 saturated carbocycles. The lowest BCUT2D eigenvalue weighted by atomic mass is 10.2. The highest BCUT2D eigenvalue weighted by molar-refractivity contribution is 7.90. The van der Waals surface area contributed by atoms with Crippen molar-refractivity contribution in [3.05, 3.63) is 0 Å². The van der Waals surface area contributed by atoms with Crippen LogP contribution in [0.5, 0.6) is 0 Å². The van der Waals surface area contributed by atoms with Crippen molar-refractivity contribution >= 4 is 27.2 Å². The van der Waals surface area contributed by atoms with Gasteiger partial charge in [0.05, 0.1) is 5.16 Å². The van der Waals surface area contributed by atoms with Crippen molar-refractivity contribution in [1.82, 2.24) is 0 Å². The lowest BCUT2D eigenvalue weighted by Gasteiger charge is -1.96. The molecule has 5 heteroatoms. The highest BCUT2D eigenvalue weighted by Crippen LogP contribution is 1.98. The smallest absolute Gasteiger partial charge is 0.147 e. The topological polar surface area (TPSA) is 46.5 Å². The van der Waals surface area contributed by atoms with Crippen molar-refractivity contribution < 1.29 is 8.42 Å². The summed E-state index contributed by atoms with van der Waals surface area (Å²) >= 11 is 4.38. The highest BCUT2D eigenvalue weighted by Gasteiger charge is 1.99. The number of hydrogen-bond donors (Lipinski definition) is 0. The van der Waals surface area contributed by atoms with Crippen LogP contribution < -0.4 is 0 Å². The summed E-state index contributed by atoms with van der Waals surface area (Å²) < 4.78 is 21.3. The van der Waals surface area contributed by atoms with Crippen LogP contribution in [0.2, 0.25) is 0 Å². The first-order valence-corrected chi connectivity index (χ1v) is 6.24. The van der Waals surface area contributed by atoms with Crippen molar-refractivity contribution in [2.45, 2.75) is 19.3 Å². The molecule has 0 N–H and O–H groups in total. The molecule has 0 aromatic carbocycles. The minimum absolute atomic E-state index is 0.272. The van der Waals surface area contributed by atoms with E-state index >= 15 is 0 Å². The van der Waals surface area contributed by atoms with E-state index in [1.54, 1.807) is 0 Å². The van der Waals surface area contributed by atoms with Gasteiger partial charge in [-0.1, -0.05) is 6.42 Å². The number of isothiocyanates is 1. The predicted octanol–water partition coefficient (Wildman–Crippen LogP) is 1.30. The van der Waals surface area contributed by atoms with E-state index in [9.17, 15) is 8.42 Å². The van der Waals surface area contributed by atoms with Crippen LogP contribution in [0.3, 0.4) is 0 Å². The molecule has 0 unspecified atom stereocenters. The summed E-state index contributed by atoms with van der Waals surface area (Å²) in [6, 6.07) is 0. The van der Waals surface area contributed by atoms with Gasteiger partial charge in [0.2, 0.25) is 0 Å². The zero-order valence-electron chi connectivity index (χ0n) is 7.12. The number of aliphatic imine (C=N–C) groups is 1. The minimum Gasteiger partial charge on any atom is -0.233 e. The second kappa shape index (κ2) is 6.29. The Kier molecular flexibility index (Phi) is 6.16. The zero-order valence-corrected chi connectivity index (χ0v) is 8.75. The molecule has 0 aliphatic heterocycles. The summed E-state index contributed by atoms with van der Waals surface area (Å²) in [6.07, 6.45) is 3.74. The van der Waals surface area contributed by atoms with E-state index in [1.807, 2.05) is 0 Å². The van der Waals surface area contributed by atoms with Crippen molar-refractivity contribution in [3.8, 4) is 0 Å². The van der Waals surface area contributed by atoms with Crippen LogP contribution in [-0.4, -0.2) is 32.1 Å². The zero-order chi connectivity index (χ0) is 9.45. The van der Waals surface area contributed by atoms with E-state index in [2.05, 4.69) is 22.4 Å². The molecule has 0 atom stereocenters. The standard InChI is InChI=1S/C7H13NO2S2/c1-12(9,10)6-4-2-3-5-8-7-11/h2-6H2,1H3. The molecule has 0 bridgehead atoms. The molecule has 12 heavy (non-hydrogen) atoms. The number of hydrogen-bond acceptors (Lipinski definition) is 4. The predicted molar refractivity (Wildman–Crippen MR) is 53.5 cm³/mol. The van der Waals surface area contributed by atoms with Gasteiger partial charge in [0, 0.05) is 18.6 Å². The number of unbranched alkanes of at least 4 members (excludes halogenated alkanes) is 2. The fourth-order valence-corrected chi connectivity index (χ4v) is 1.60. The van der Waals surface area contributed by atoms with Gasteiger partial charge in [0.1, 0.15) is 9.84 Å². The van der Waals surface area contributed by atoms with Crippen LogP contribution in [-0.2, 0) is 9.84 Å². The van der Waals surface area contributed by atoms with Gasteiger partial charge in [-0.3, -0.25) is 0 Å². The van der Waals surface area contributed by atoms with E-state index in [0.717, 1.165) is 12.8 Å². The maximum Gasteiger partial charge on any atom is 0.147 e. The molecule has 70 valence electrons. The normalized spacial score (nSPS) is 10.8. The maximum atomic E-state index is 10.7. The Hall–Kier alpha value is -0.250. The molecule has 0 heterocycles. The van der Waals surface area contributed by atoms with Crippen LogP contribution in [0.4, 0.5) is 0 Å². The quantitative estimate of drug-likeness (QED) is 0.375. The molecule has 3 nitrogen and oxygen atoms in total. The molecular formula is C7H13NO2S2. The monoisotopic (exact) mass is 207 g/mol. The maximum absolute atomic E-state index is 10.7. The molecule has 0 radical (unpaired) electrons. The third-order valence-corrected chi connectivity index (χ3v) is 2.51. The Morgan fingerprint density at radius 2 is 2.00 bits per heavy atom. The molecule has 0 rings (SSSR count). The average Bonchev–Trinajstić information content (AvgIpc) is 1.94. The Morgan fingerprint density at radius 3 is 2.50 bits per heavy atom. The molecule has 0 spiro atoms. The average molecular weight is 207 g/mol. The third-order valence-electron chi connectivity index (χ3n) is 1.35. The highest BCUT2D eigenvalue weighted by atomic mass is 32.2. The van der Waals surface area contributed by atoms with Crippen LogP contribution in [0.15, 0.2) is 4.99 Å². The first-order valence-electron chi connectivity index (χ1n) is 3.77. The molecule has 0 amide bonds. The second-order valence-corrected chi connectivity index (χ2v) is 5.11. The summed E-state index contributed by atoms with van der Waals surface area (Å²) in [4.78, 5) is 3.72. The summed E-state index contributed by atoms with van der Waals surface area (Å²) in [7, 11) is -2.78. The van der Waals surface area contributed by atoms with Crippen LogP contribution >= 0.6 is 12.2 Å². The van der Waals surface area contributed by atoms with E-state index in [1.165, 1.54) is 6.26 Å². The van der Waals surface area contributed by atoms with Crippen molar-refractivity contribution in [2.75, 3.05) is 18.6 Å². The summed E-state index contributed by atoms with van der Waals surface area (Å²) in [5, 5.41) is 2.26. The van der Waals surface area contributed by atoms with Crippen molar-refractivity contribution in [2.24, 2.45) is 4.99 Å². The van der Waals surface area contributed by atoms with Gasteiger partial charge in [-0.05, 0) is 25.1 Å². The number of sulfone groups is 1. The fourth-order valence-electron chi connectivity index (χ4n) is 0.778. The second-order valence-electron chi connectivity index (χ2n) is 2.66. The Labute approximate surface area is 78.8 Å². The molecule has 0 saturated heterocycles. The van der Waals surface area contributed by atoms with Crippen molar-refractivity contribution in [3.63, 3.8) is 0 Å². The first kappa shape index (κ1) is 11.8. The molecular weight excluding hydrogens is 194 g/mol. The van der Waals surface area contributed by atoms with Crippen LogP contribution in [0, 0.1) is 0 Å². The molecule has 0 aromatic rings. The van der Waals surface area contributed by atoms with Gasteiger partial charge >= 0.3 is 0 Å². The molecule has 0 aliphatic rings. The van der Waals surface area contributed by atoms with Crippen LogP contribution in [0.25, 0.3) is 0 Å². The van der Waals surface area contributed by atoms with Gasteiger partial charge in [0.15, 0.2) is 0 Å². The van der Waals surface area contributed by atoms with E-state index in [0.29, 0.717) is 13.0 Å².